The fraction of sp³-hybridized carbons (Fsp3) is 0.286. The first kappa shape index (κ1) is 60.8. The Hall–Kier alpha value is -7.80. The summed E-state index contributed by atoms with van der Waals surface area (Å²) >= 11 is 0. The molecule has 0 fully saturated rings. The summed E-state index contributed by atoms with van der Waals surface area (Å²) in [7, 11) is 0. The van der Waals surface area contributed by atoms with E-state index < -0.39 is 0 Å². The van der Waals surface area contributed by atoms with Crippen LogP contribution in [-0.2, 0) is 10.8 Å². The Morgan fingerprint density at radius 3 is 1.18 bits per heavy atom. The van der Waals surface area contributed by atoms with E-state index in [0.717, 1.165) is 0 Å². The molecule has 0 heterocycles. The second kappa shape index (κ2) is 25.2. The minimum Gasteiger partial charge on any atom is -0.0870 e. The van der Waals surface area contributed by atoms with Crippen molar-refractivity contribution in [3.63, 3.8) is 0 Å². The summed E-state index contributed by atoms with van der Waals surface area (Å²) in [6, 6.07) is 72.4. The normalized spacial score (nSPS) is 16.2. The summed E-state index contributed by atoms with van der Waals surface area (Å²) in [5.41, 5.74) is 30.5. The van der Waals surface area contributed by atoms with Gasteiger partial charge in [-0.1, -0.05) is 302 Å². The molecule has 0 nitrogen and oxygen atoms in total. The van der Waals surface area contributed by atoms with Crippen LogP contribution in [-0.4, -0.2) is 0 Å². The van der Waals surface area contributed by atoms with Crippen LogP contribution in [0.3, 0.4) is 0 Å². The van der Waals surface area contributed by atoms with E-state index in [9.17, 15) is 0 Å². The number of allylic oxidation sites excluding steroid dienone is 4. The van der Waals surface area contributed by atoms with E-state index in [2.05, 4.69) is 281 Å². The highest BCUT2D eigenvalue weighted by atomic mass is 14.4. The molecular formula is C84H92. The number of fused-ring (bicyclic) bond motifs is 11. The third-order valence-electron chi connectivity index (χ3n) is 18.9. The topological polar surface area (TPSA) is 0 Å². The number of rotatable bonds is 5. The van der Waals surface area contributed by atoms with Gasteiger partial charge in [-0.05, 0) is 196 Å². The molecule has 0 N–H and O–H groups in total. The summed E-state index contributed by atoms with van der Waals surface area (Å²) in [5.74, 6) is 1.78. The predicted octanol–water partition coefficient (Wildman–Crippen LogP) is 24.2. The lowest BCUT2D eigenvalue weighted by molar-refractivity contribution is 0.550. The highest BCUT2D eigenvalue weighted by Gasteiger charge is 2.40. The van der Waals surface area contributed by atoms with Crippen molar-refractivity contribution in [2.24, 2.45) is 5.92 Å². The van der Waals surface area contributed by atoms with Crippen molar-refractivity contribution in [1.82, 2.24) is 0 Å². The molecule has 0 saturated heterocycles. The van der Waals surface area contributed by atoms with Crippen molar-refractivity contribution in [1.29, 1.82) is 0 Å². The van der Waals surface area contributed by atoms with Gasteiger partial charge in [-0.15, -0.1) is 0 Å². The van der Waals surface area contributed by atoms with Crippen molar-refractivity contribution in [3.8, 4) is 33.4 Å². The van der Waals surface area contributed by atoms with Gasteiger partial charge in [-0.3, -0.25) is 0 Å². The van der Waals surface area contributed by atoms with Gasteiger partial charge in [0.1, 0.15) is 0 Å². The fourth-order valence-electron chi connectivity index (χ4n) is 13.9. The molecule has 13 rings (SSSR count). The SMILES string of the molecule is C/C=C\C1=C(C)C(C)C(C)c2cc(C(C)C(C)c3ccc4c(c3)C(C)(C)c3cc(-c5cc6c(c7ccccc57)-c5ccc(C)cc5C6(C)C)c5ccccc5c3-4)ccc21.CC.Cc1cc(C)cc(C)c1.Cc1ccccc1.Cc1ccccc1. The van der Waals surface area contributed by atoms with Gasteiger partial charge in [0.2, 0.25) is 0 Å². The maximum Gasteiger partial charge on any atom is 0.0159 e. The highest BCUT2D eigenvalue weighted by Crippen LogP contribution is 2.57. The van der Waals surface area contributed by atoms with Crippen LogP contribution in [0.2, 0.25) is 0 Å². The summed E-state index contributed by atoms with van der Waals surface area (Å²) in [4.78, 5) is 0. The quantitative estimate of drug-likeness (QED) is 0.161. The molecule has 428 valence electrons. The first-order valence-corrected chi connectivity index (χ1v) is 31.2. The zero-order valence-corrected chi connectivity index (χ0v) is 53.9. The molecule has 0 saturated carbocycles. The molecule has 84 heavy (non-hydrogen) atoms. The summed E-state index contributed by atoms with van der Waals surface area (Å²) in [5, 5.41) is 5.36. The van der Waals surface area contributed by atoms with Crippen LogP contribution in [0.1, 0.15) is 179 Å². The average Bonchev–Trinajstić information content (AvgIpc) is 1.58. The molecule has 0 amide bonds. The Kier molecular flexibility index (Phi) is 18.2. The third-order valence-corrected chi connectivity index (χ3v) is 18.9. The molecule has 4 atom stereocenters. The van der Waals surface area contributed by atoms with E-state index in [1.807, 2.05) is 50.2 Å². The van der Waals surface area contributed by atoms with Crippen molar-refractivity contribution in [3.05, 3.63) is 290 Å². The Balaban J connectivity index is 0.000000279. The van der Waals surface area contributed by atoms with E-state index in [1.165, 1.54) is 144 Å². The van der Waals surface area contributed by atoms with Crippen molar-refractivity contribution in [2.75, 3.05) is 0 Å². The minimum absolute atomic E-state index is 0.0943. The molecule has 3 aliphatic carbocycles. The fourth-order valence-corrected chi connectivity index (χ4v) is 13.9. The lowest BCUT2D eigenvalue weighted by Crippen LogP contribution is -2.17. The number of hydrogen-bond donors (Lipinski definition) is 0. The van der Waals surface area contributed by atoms with Crippen molar-refractivity contribution >= 4 is 27.1 Å². The van der Waals surface area contributed by atoms with Crippen LogP contribution in [0.4, 0.5) is 0 Å². The average molecular weight is 1100 g/mol. The van der Waals surface area contributed by atoms with E-state index in [1.54, 1.807) is 0 Å². The molecule has 10 aromatic carbocycles. The van der Waals surface area contributed by atoms with E-state index in [0.29, 0.717) is 23.7 Å². The number of benzene rings is 10. The maximum atomic E-state index is 2.57. The van der Waals surface area contributed by atoms with Crippen LogP contribution in [0.15, 0.2) is 212 Å². The molecular weight excluding hydrogens is 1010 g/mol. The smallest absolute Gasteiger partial charge is 0.0159 e. The molecule has 10 aromatic rings. The lowest BCUT2D eigenvalue weighted by atomic mass is 9.72. The van der Waals surface area contributed by atoms with Crippen LogP contribution in [0.5, 0.6) is 0 Å². The molecule has 0 heteroatoms. The Morgan fingerprint density at radius 2 is 0.750 bits per heavy atom. The zero-order valence-electron chi connectivity index (χ0n) is 53.9. The van der Waals surface area contributed by atoms with Gasteiger partial charge >= 0.3 is 0 Å². The molecule has 0 bridgehead atoms. The van der Waals surface area contributed by atoms with Gasteiger partial charge in [-0.25, -0.2) is 0 Å². The molecule has 0 radical (unpaired) electrons. The third kappa shape index (κ3) is 11.7. The van der Waals surface area contributed by atoms with Gasteiger partial charge in [0, 0.05) is 10.8 Å². The van der Waals surface area contributed by atoms with Crippen LogP contribution in [0.25, 0.3) is 60.5 Å². The highest BCUT2D eigenvalue weighted by molar-refractivity contribution is 6.15. The van der Waals surface area contributed by atoms with Gasteiger partial charge in [0.25, 0.3) is 0 Å². The lowest BCUT2D eigenvalue weighted by Gasteiger charge is -2.33. The number of hydrogen-bond acceptors (Lipinski definition) is 0. The van der Waals surface area contributed by atoms with Crippen LogP contribution in [0, 0.1) is 47.5 Å². The van der Waals surface area contributed by atoms with Gasteiger partial charge in [0.15, 0.2) is 0 Å². The molecule has 4 unspecified atom stereocenters. The molecule has 0 aromatic heterocycles. The summed E-state index contributed by atoms with van der Waals surface area (Å²) in [6.45, 7) is 40.7. The number of aryl methyl sites for hydroxylation is 6. The first-order chi connectivity index (χ1) is 40.2. The largest absolute Gasteiger partial charge is 0.0870 e. The zero-order chi connectivity index (χ0) is 60.4. The monoisotopic (exact) mass is 1100 g/mol. The first-order valence-electron chi connectivity index (χ1n) is 31.2. The Bertz CT molecular complexity index is 3970. The van der Waals surface area contributed by atoms with E-state index in [-0.39, 0.29) is 10.8 Å². The second-order valence-corrected chi connectivity index (χ2v) is 25.5. The van der Waals surface area contributed by atoms with Crippen molar-refractivity contribution in [2.45, 2.75) is 153 Å². The molecule has 0 spiro atoms. The summed E-state index contributed by atoms with van der Waals surface area (Å²) in [6.07, 6.45) is 4.50. The van der Waals surface area contributed by atoms with Gasteiger partial charge in [0.05, 0.1) is 0 Å². The van der Waals surface area contributed by atoms with Crippen LogP contribution < -0.4 is 0 Å². The Morgan fingerprint density at radius 1 is 0.357 bits per heavy atom. The van der Waals surface area contributed by atoms with E-state index in [4.69, 9.17) is 0 Å². The molecule has 0 aliphatic heterocycles. The van der Waals surface area contributed by atoms with Crippen LogP contribution >= 0.6 is 0 Å². The summed E-state index contributed by atoms with van der Waals surface area (Å²) < 4.78 is 0. The maximum absolute atomic E-state index is 2.57. The Labute approximate surface area is 506 Å². The van der Waals surface area contributed by atoms with Gasteiger partial charge < -0.3 is 0 Å². The van der Waals surface area contributed by atoms with Gasteiger partial charge in [-0.2, -0.15) is 0 Å². The standard InChI is InChI=1S/C59H58.C9H12.2C7H8.C2H6/c1-12-17-41-37(6)34(3)38(7)49-29-39(23-26-44(41)49)35(4)36(5)40-24-27-48-53(30-40)59(10,11)55-32-51(43-19-14-16-21-46(43)57(48)55)50-31-54-56(45-20-15-13-18-42(45)50)47-25-22-33(2)28-52(47)58(54,8)9;1-7-4-8(2)6-9(3)5-7;2*1-7-5-3-2-4-6-7;1-2/h12-32,34-36,38H,1-11H3;4-6H,1-3H3;2*2-6H,1H3;1-2H3/b17-12-;;;;. The second-order valence-electron chi connectivity index (χ2n) is 25.5. The minimum atomic E-state index is -0.160. The molecule has 3 aliphatic rings. The predicted molar refractivity (Wildman–Crippen MR) is 369 cm³/mol. The van der Waals surface area contributed by atoms with E-state index >= 15 is 0 Å². The van der Waals surface area contributed by atoms with Crippen molar-refractivity contribution < 1.29 is 0 Å².